The van der Waals surface area contributed by atoms with E-state index in [9.17, 15) is 14.7 Å². The third-order valence-electron chi connectivity index (χ3n) is 5.70. The minimum Gasteiger partial charge on any atom is -0.481 e. The summed E-state index contributed by atoms with van der Waals surface area (Å²) in [5.41, 5.74) is 0.896. The highest BCUT2D eigenvalue weighted by atomic mass is 16.4. The van der Waals surface area contributed by atoms with E-state index in [1.165, 1.54) is 6.20 Å². The minimum absolute atomic E-state index is 0.00757. The first kappa shape index (κ1) is 15.1. The molecule has 6 heteroatoms. The second-order valence-corrected chi connectivity index (χ2v) is 6.72. The number of carbonyl (C=O) groups is 2. The normalized spacial score (nSPS) is 28.5. The lowest BCUT2D eigenvalue weighted by molar-refractivity contribution is -0.151. The summed E-state index contributed by atoms with van der Waals surface area (Å²) in [6, 6.07) is 7.16. The van der Waals surface area contributed by atoms with Gasteiger partial charge in [0.1, 0.15) is 5.69 Å². The van der Waals surface area contributed by atoms with Crippen LogP contribution in [0.3, 0.4) is 0 Å². The van der Waals surface area contributed by atoms with Gasteiger partial charge in [-0.25, -0.2) is 4.98 Å². The number of fused-ring (bicyclic) bond motifs is 3. The van der Waals surface area contributed by atoms with Gasteiger partial charge in [-0.05, 0) is 37.8 Å². The summed E-state index contributed by atoms with van der Waals surface area (Å²) in [5, 5.41) is 9.73. The molecule has 1 N–H and O–H groups in total. The van der Waals surface area contributed by atoms with Crippen molar-refractivity contribution in [2.45, 2.75) is 44.7 Å². The first-order valence-electron chi connectivity index (χ1n) is 8.34. The van der Waals surface area contributed by atoms with Crippen LogP contribution in [0.2, 0.25) is 0 Å². The summed E-state index contributed by atoms with van der Waals surface area (Å²) < 4.78 is 0. The largest absolute Gasteiger partial charge is 0.481 e. The molecule has 0 aliphatic carbocycles. The molecule has 2 aliphatic rings. The first-order valence-corrected chi connectivity index (χ1v) is 8.34. The highest BCUT2D eigenvalue weighted by Crippen LogP contribution is 2.52. The van der Waals surface area contributed by atoms with Crippen LogP contribution in [0.5, 0.6) is 0 Å². The number of amides is 1. The van der Waals surface area contributed by atoms with Gasteiger partial charge < -0.3 is 10.0 Å². The number of para-hydroxylation sites is 2. The van der Waals surface area contributed by atoms with Gasteiger partial charge in [-0.1, -0.05) is 19.1 Å². The summed E-state index contributed by atoms with van der Waals surface area (Å²) in [4.78, 5) is 35.4. The average Bonchev–Trinajstić information content (AvgIpc) is 3.16. The van der Waals surface area contributed by atoms with Crippen molar-refractivity contribution in [1.29, 1.82) is 0 Å². The predicted octanol–water partition coefficient (Wildman–Crippen LogP) is 2.49. The molecule has 6 nitrogen and oxygen atoms in total. The molecule has 0 unspecified atom stereocenters. The van der Waals surface area contributed by atoms with Crippen molar-refractivity contribution in [1.82, 2.24) is 14.9 Å². The van der Waals surface area contributed by atoms with Crippen LogP contribution < -0.4 is 0 Å². The Balaban J connectivity index is 1.70. The fourth-order valence-corrected chi connectivity index (χ4v) is 4.44. The van der Waals surface area contributed by atoms with Crippen molar-refractivity contribution in [2.75, 3.05) is 0 Å². The van der Waals surface area contributed by atoms with Crippen molar-refractivity contribution in [3.05, 3.63) is 36.2 Å². The van der Waals surface area contributed by atoms with E-state index in [1.54, 1.807) is 4.90 Å². The molecule has 1 aromatic carbocycles. The van der Waals surface area contributed by atoms with Crippen LogP contribution in [0.15, 0.2) is 30.5 Å². The number of aliphatic carboxylic acids is 1. The van der Waals surface area contributed by atoms with Gasteiger partial charge in [-0.2, -0.15) is 0 Å². The molecule has 4 rings (SSSR count). The van der Waals surface area contributed by atoms with E-state index < -0.39 is 11.4 Å². The van der Waals surface area contributed by atoms with Gasteiger partial charge in [0, 0.05) is 12.1 Å². The van der Waals surface area contributed by atoms with Gasteiger partial charge in [0.25, 0.3) is 5.91 Å². The quantitative estimate of drug-likeness (QED) is 0.937. The molecule has 1 aromatic heterocycles. The van der Waals surface area contributed by atoms with Crippen LogP contribution in [0.1, 0.15) is 43.1 Å². The standard InChI is InChI=1S/C18H19N3O3/c1-2-18(17(23)24)9-11-7-8-15(18)21(11)16(22)14-10-19-12-5-3-4-6-13(12)20-14/h3-6,10-11,15H,2,7-9H2,1H3,(H,23,24)/t11-,15+,18+/m0/s1. The number of carboxylic acids is 1. The first-order chi connectivity index (χ1) is 11.6. The summed E-state index contributed by atoms with van der Waals surface area (Å²) in [6.45, 7) is 1.90. The third kappa shape index (κ3) is 1.95. The molecule has 2 fully saturated rings. The molecule has 3 atom stereocenters. The summed E-state index contributed by atoms with van der Waals surface area (Å²) in [7, 11) is 0. The van der Waals surface area contributed by atoms with Gasteiger partial charge in [0.2, 0.25) is 0 Å². The van der Waals surface area contributed by atoms with Crippen molar-refractivity contribution in [3.63, 3.8) is 0 Å². The van der Waals surface area contributed by atoms with E-state index in [0.29, 0.717) is 24.1 Å². The Morgan fingerprint density at radius 1 is 1.29 bits per heavy atom. The number of benzene rings is 1. The topological polar surface area (TPSA) is 83.4 Å². The van der Waals surface area contributed by atoms with Gasteiger partial charge in [0.05, 0.1) is 22.6 Å². The molecule has 0 radical (unpaired) electrons. The molecule has 1 amide bonds. The molecular weight excluding hydrogens is 306 g/mol. The number of aromatic nitrogens is 2. The third-order valence-corrected chi connectivity index (χ3v) is 5.70. The Morgan fingerprint density at radius 3 is 2.71 bits per heavy atom. The highest BCUT2D eigenvalue weighted by Gasteiger charge is 2.60. The number of carbonyl (C=O) groups excluding carboxylic acids is 1. The van der Waals surface area contributed by atoms with E-state index in [0.717, 1.165) is 18.4 Å². The Kier molecular flexibility index (Phi) is 3.30. The van der Waals surface area contributed by atoms with Crippen molar-refractivity contribution < 1.29 is 14.7 Å². The lowest BCUT2D eigenvalue weighted by Crippen LogP contribution is -2.45. The van der Waals surface area contributed by atoms with E-state index in [4.69, 9.17) is 0 Å². The Morgan fingerprint density at radius 2 is 2.04 bits per heavy atom. The molecular formula is C18H19N3O3. The van der Waals surface area contributed by atoms with Gasteiger partial charge in [0.15, 0.2) is 0 Å². The van der Waals surface area contributed by atoms with Gasteiger partial charge in [-0.15, -0.1) is 0 Å². The Hall–Kier alpha value is -2.50. The van der Waals surface area contributed by atoms with Crippen molar-refractivity contribution in [3.8, 4) is 0 Å². The number of rotatable bonds is 3. The van der Waals surface area contributed by atoms with E-state index in [2.05, 4.69) is 9.97 Å². The van der Waals surface area contributed by atoms with E-state index in [-0.39, 0.29) is 18.0 Å². The smallest absolute Gasteiger partial charge is 0.311 e. The van der Waals surface area contributed by atoms with Crippen LogP contribution in [0.4, 0.5) is 0 Å². The van der Waals surface area contributed by atoms with Crippen LogP contribution >= 0.6 is 0 Å². The maximum absolute atomic E-state index is 13.0. The second-order valence-electron chi connectivity index (χ2n) is 6.72. The number of hydrogen-bond donors (Lipinski definition) is 1. The van der Waals surface area contributed by atoms with Crippen LogP contribution in [-0.2, 0) is 4.79 Å². The van der Waals surface area contributed by atoms with Gasteiger partial charge in [-0.3, -0.25) is 14.6 Å². The molecule has 124 valence electrons. The SMILES string of the molecule is CC[C@@]1(C(=O)O)C[C@@H]2CC[C@H]1N2C(=O)c1cnc2ccccc2n1. The summed E-state index contributed by atoms with van der Waals surface area (Å²) in [5.74, 6) is -0.989. The molecule has 2 saturated heterocycles. The summed E-state index contributed by atoms with van der Waals surface area (Å²) >= 11 is 0. The lowest BCUT2D eigenvalue weighted by Gasteiger charge is -2.32. The van der Waals surface area contributed by atoms with Gasteiger partial charge >= 0.3 is 5.97 Å². The predicted molar refractivity (Wildman–Crippen MR) is 87.5 cm³/mol. The Labute approximate surface area is 139 Å². The fourth-order valence-electron chi connectivity index (χ4n) is 4.44. The minimum atomic E-state index is -0.817. The zero-order valence-electron chi connectivity index (χ0n) is 13.5. The number of nitrogens with zero attached hydrogens (tertiary/aromatic N) is 3. The van der Waals surface area contributed by atoms with Crippen molar-refractivity contribution in [2.24, 2.45) is 5.41 Å². The van der Waals surface area contributed by atoms with Crippen molar-refractivity contribution >= 4 is 22.9 Å². The lowest BCUT2D eigenvalue weighted by atomic mass is 9.72. The molecule has 2 bridgehead atoms. The van der Waals surface area contributed by atoms with Crippen LogP contribution in [-0.4, -0.2) is 43.9 Å². The van der Waals surface area contributed by atoms with E-state index in [1.807, 2.05) is 31.2 Å². The van der Waals surface area contributed by atoms with Crippen LogP contribution in [0, 0.1) is 5.41 Å². The fraction of sp³-hybridized carbons (Fsp3) is 0.444. The number of carboxylic acid groups (broad SMARTS) is 1. The molecule has 3 heterocycles. The zero-order chi connectivity index (χ0) is 16.9. The molecule has 0 spiro atoms. The maximum atomic E-state index is 13.0. The molecule has 2 aliphatic heterocycles. The van der Waals surface area contributed by atoms with Crippen LogP contribution in [0.25, 0.3) is 11.0 Å². The number of hydrogen-bond acceptors (Lipinski definition) is 4. The monoisotopic (exact) mass is 325 g/mol. The highest BCUT2D eigenvalue weighted by molar-refractivity contribution is 5.95. The Bertz CT molecular complexity index is 837. The summed E-state index contributed by atoms with van der Waals surface area (Å²) in [6.07, 6.45) is 4.19. The maximum Gasteiger partial charge on any atom is 0.311 e. The molecule has 2 aromatic rings. The molecule has 0 saturated carbocycles. The van der Waals surface area contributed by atoms with E-state index >= 15 is 0 Å². The average molecular weight is 325 g/mol. The molecule has 24 heavy (non-hydrogen) atoms. The second kappa shape index (κ2) is 5.26. The zero-order valence-corrected chi connectivity index (χ0v) is 13.5.